The van der Waals surface area contributed by atoms with Gasteiger partial charge in [-0.3, -0.25) is 4.79 Å². The minimum absolute atomic E-state index is 0.0986. The molecule has 152 valence electrons. The van der Waals surface area contributed by atoms with E-state index in [-0.39, 0.29) is 12.5 Å². The van der Waals surface area contributed by atoms with E-state index in [1.165, 1.54) is 0 Å². The molecule has 6 nitrogen and oxygen atoms in total. The number of nitrogens with zero attached hydrogens (tertiary/aromatic N) is 3. The lowest BCUT2D eigenvalue weighted by Crippen LogP contribution is -2.20. The summed E-state index contributed by atoms with van der Waals surface area (Å²) in [5.74, 6) is 0.580. The van der Waals surface area contributed by atoms with Gasteiger partial charge in [0, 0.05) is 32.0 Å². The number of imidazole rings is 1. The van der Waals surface area contributed by atoms with Crippen LogP contribution in [0.4, 0.5) is 17.3 Å². The van der Waals surface area contributed by atoms with E-state index in [1.54, 1.807) is 0 Å². The summed E-state index contributed by atoms with van der Waals surface area (Å²) >= 11 is 0. The molecule has 3 aromatic carbocycles. The Balaban J connectivity index is 1.52. The predicted molar refractivity (Wildman–Crippen MR) is 123 cm³/mol. The van der Waals surface area contributed by atoms with Gasteiger partial charge >= 0.3 is 0 Å². The monoisotopic (exact) mass is 399 g/mol. The van der Waals surface area contributed by atoms with E-state index in [0.29, 0.717) is 12.5 Å². The fraction of sp³-hybridized carbons (Fsp3) is 0.167. The Bertz CT molecular complexity index is 1130. The Morgan fingerprint density at radius 3 is 2.37 bits per heavy atom. The summed E-state index contributed by atoms with van der Waals surface area (Å²) in [6.07, 6.45) is 0. The number of carbonyl (C=O) groups excluding carboxylic acids is 1. The molecule has 0 bridgehead atoms. The third kappa shape index (κ3) is 4.43. The lowest BCUT2D eigenvalue weighted by Gasteiger charge is -2.14. The summed E-state index contributed by atoms with van der Waals surface area (Å²) in [6.45, 7) is 0.810. The van der Waals surface area contributed by atoms with Crippen LogP contribution in [0.15, 0.2) is 78.9 Å². The average molecular weight is 399 g/mol. The number of hydrogen-bond acceptors (Lipinski definition) is 4. The van der Waals surface area contributed by atoms with Crippen LogP contribution in [0, 0.1) is 0 Å². The molecule has 0 aliphatic heterocycles. The van der Waals surface area contributed by atoms with Gasteiger partial charge in [0.1, 0.15) is 6.54 Å². The van der Waals surface area contributed by atoms with E-state index in [4.69, 9.17) is 0 Å². The van der Waals surface area contributed by atoms with Crippen LogP contribution in [0.5, 0.6) is 0 Å². The van der Waals surface area contributed by atoms with Crippen molar-refractivity contribution in [1.29, 1.82) is 0 Å². The van der Waals surface area contributed by atoms with Gasteiger partial charge in [-0.2, -0.15) is 0 Å². The molecule has 0 spiro atoms. The molecular weight excluding hydrogens is 374 g/mol. The first kappa shape index (κ1) is 19.5. The molecule has 0 unspecified atom stereocenters. The second kappa shape index (κ2) is 8.69. The molecule has 1 heterocycles. The number of nitrogens with one attached hydrogen (secondary N) is 2. The Morgan fingerprint density at radius 2 is 1.63 bits per heavy atom. The van der Waals surface area contributed by atoms with Crippen LogP contribution in [0.1, 0.15) is 5.56 Å². The van der Waals surface area contributed by atoms with E-state index < -0.39 is 0 Å². The predicted octanol–water partition coefficient (Wildman–Crippen LogP) is 4.35. The lowest BCUT2D eigenvalue weighted by molar-refractivity contribution is -0.116. The summed E-state index contributed by atoms with van der Waals surface area (Å²) in [4.78, 5) is 19.5. The second-order valence-electron chi connectivity index (χ2n) is 7.34. The van der Waals surface area contributed by atoms with Crippen molar-refractivity contribution in [1.82, 2.24) is 9.55 Å². The summed E-state index contributed by atoms with van der Waals surface area (Å²) < 4.78 is 1.92. The summed E-state index contributed by atoms with van der Waals surface area (Å²) in [5, 5.41) is 6.35. The number of para-hydroxylation sites is 2. The standard InChI is InChI=1S/C24H25N5O/c1-28(2)20-14-12-19(13-15-20)26-23(30)17-29-22-11-7-6-10-21(22)27-24(29)25-16-18-8-4-3-5-9-18/h3-15H,16-17H2,1-2H3,(H,25,27)(H,26,30). The van der Waals surface area contributed by atoms with Crippen LogP contribution < -0.4 is 15.5 Å². The molecule has 0 radical (unpaired) electrons. The van der Waals surface area contributed by atoms with Crippen molar-refractivity contribution in [2.75, 3.05) is 29.6 Å². The van der Waals surface area contributed by atoms with Crippen molar-refractivity contribution in [2.45, 2.75) is 13.1 Å². The van der Waals surface area contributed by atoms with E-state index >= 15 is 0 Å². The number of amides is 1. The molecule has 0 atom stereocenters. The average Bonchev–Trinajstić information content (AvgIpc) is 3.10. The van der Waals surface area contributed by atoms with E-state index in [2.05, 4.69) is 27.8 Å². The highest BCUT2D eigenvalue weighted by atomic mass is 16.1. The third-order valence-corrected chi connectivity index (χ3v) is 4.92. The summed E-state index contributed by atoms with van der Waals surface area (Å²) in [5.41, 5.74) is 4.79. The Kier molecular flexibility index (Phi) is 5.66. The first-order chi connectivity index (χ1) is 14.6. The molecule has 4 aromatic rings. The Morgan fingerprint density at radius 1 is 0.933 bits per heavy atom. The van der Waals surface area contributed by atoms with Crippen molar-refractivity contribution in [3.8, 4) is 0 Å². The zero-order valence-electron chi connectivity index (χ0n) is 17.2. The SMILES string of the molecule is CN(C)c1ccc(NC(=O)Cn2c(NCc3ccccc3)nc3ccccc32)cc1. The molecule has 0 fully saturated rings. The molecule has 4 rings (SSSR count). The zero-order chi connectivity index (χ0) is 20.9. The first-order valence-electron chi connectivity index (χ1n) is 9.90. The van der Waals surface area contributed by atoms with Gasteiger partial charge in [0.15, 0.2) is 0 Å². The van der Waals surface area contributed by atoms with Crippen LogP contribution in [0.2, 0.25) is 0 Å². The molecule has 0 saturated heterocycles. The van der Waals surface area contributed by atoms with Gasteiger partial charge in [-0.25, -0.2) is 4.98 Å². The fourth-order valence-corrected chi connectivity index (χ4v) is 3.33. The van der Waals surface area contributed by atoms with E-state index in [1.807, 2.05) is 90.3 Å². The highest BCUT2D eigenvalue weighted by molar-refractivity contribution is 5.92. The molecule has 30 heavy (non-hydrogen) atoms. The molecule has 6 heteroatoms. The number of rotatable bonds is 7. The lowest BCUT2D eigenvalue weighted by atomic mass is 10.2. The number of carbonyl (C=O) groups is 1. The molecule has 0 aliphatic rings. The number of hydrogen-bond donors (Lipinski definition) is 2. The molecule has 1 amide bonds. The van der Waals surface area contributed by atoms with Gasteiger partial charge in [0.25, 0.3) is 0 Å². The van der Waals surface area contributed by atoms with E-state index in [9.17, 15) is 4.79 Å². The van der Waals surface area contributed by atoms with Crippen molar-refractivity contribution < 1.29 is 4.79 Å². The van der Waals surface area contributed by atoms with Gasteiger partial charge in [-0.15, -0.1) is 0 Å². The smallest absolute Gasteiger partial charge is 0.244 e. The highest BCUT2D eigenvalue weighted by Crippen LogP contribution is 2.21. The maximum absolute atomic E-state index is 12.8. The van der Waals surface area contributed by atoms with Gasteiger partial charge in [0.2, 0.25) is 11.9 Å². The first-order valence-corrected chi connectivity index (χ1v) is 9.90. The number of fused-ring (bicyclic) bond motifs is 1. The van der Waals surface area contributed by atoms with Crippen molar-refractivity contribution >= 4 is 34.3 Å². The van der Waals surface area contributed by atoms with Gasteiger partial charge in [-0.1, -0.05) is 42.5 Å². The van der Waals surface area contributed by atoms with Crippen molar-refractivity contribution in [3.05, 3.63) is 84.4 Å². The van der Waals surface area contributed by atoms with Gasteiger partial charge in [-0.05, 0) is 42.0 Å². The number of anilines is 3. The molecule has 0 saturated carbocycles. The van der Waals surface area contributed by atoms with Gasteiger partial charge in [0.05, 0.1) is 11.0 Å². The number of benzene rings is 3. The topological polar surface area (TPSA) is 62.2 Å². The van der Waals surface area contributed by atoms with Crippen LogP contribution in [0.3, 0.4) is 0 Å². The maximum Gasteiger partial charge on any atom is 0.244 e. The maximum atomic E-state index is 12.8. The van der Waals surface area contributed by atoms with Crippen LogP contribution in [0.25, 0.3) is 11.0 Å². The largest absolute Gasteiger partial charge is 0.378 e. The minimum Gasteiger partial charge on any atom is -0.378 e. The highest BCUT2D eigenvalue weighted by Gasteiger charge is 2.14. The zero-order valence-corrected chi connectivity index (χ0v) is 17.2. The van der Waals surface area contributed by atoms with E-state index in [0.717, 1.165) is 28.0 Å². The summed E-state index contributed by atoms with van der Waals surface area (Å²) in [6, 6.07) is 25.8. The third-order valence-electron chi connectivity index (χ3n) is 4.92. The quantitative estimate of drug-likeness (QED) is 0.485. The second-order valence-corrected chi connectivity index (χ2v) is 7.34. The van der Waals surface area contributed by atoms with Crippen LogP contribution in [-0.4, -0.2) is 29.6 Å². The summed E-state index contributed by atoms with van der Waals surface area (Å²) in [7, 11) is 3.98. The van der Waals surface area contributed by atoms with Crippen LogP contribution >= 0.6 is 0 Å². The fourth-order valence-electron chi connectivity index (χ4n) is 3.33. The minimum atomic E-state index is -0.0986. The van der Waals surface area contributed by atoms with Crippen molar-refractivity contribution in [2.24, 2.45) is 0 Å². The normalized spacial score (nSPS) is 10.7. The van der Waals surface area contributed by atoms with Crippen LogP contribution in [-0.2, 0) is 17.9 Å². The molecule has 0 aliphatic carbocycles. The van der Waals surface area contributed by atoms with Gasteiger partial charge < -0.3 is 20.1 Å². The Hall–Kier alpha value is -3.80. The molecule has 1 aromatic heterocycles. The van der Waals surface area contributed by atoms with Crippen molar-refractivity contribution in [3.63, 3.8) is 0 Å². The molecular formula is C24H25N5O. The molecule has 2 N–H and O–H groups in total. The number of aromatic nitrogens is 2. The Labute approximate surface area is 176 Å².